The van der Waals surface area contributed by atoms with Crippen molar-refractivity contribution in [2.75, 3.05) is 16.9 Å². The van der Waals surface area contributed by atoms with Crippen molar-refractivity contribution >= 4 is 40.0 Å². The maximum Gasteiger partial charge on any atom is 0.359 e. The fourth-order valence-corrected chi connectivity index (χ4v) is 4.65. The summed E-state index contributed by atoms with van der Waals surface area (Å²) in [5.41, 5.74) is 2.02. The average molecular weight is 431 g/mol. The van der Waals surface area contributed by atoms with E-state index >= 15 is 0 Å². The summed E-state index contributed by atoms with van der Waals surface area (Å²) >= 11 is 0.797. The van der Waals surface area contributed by atoms with E-state index in [1.165, 1.54) is 4.90 Å². The van der Waals surface area contributed by atoms with Gasteiger partial charge in [0.15, 0.2) is 5.84 Å². The summed E-state index contributed by atoms with van der Waals surface area (Å²) in [7, 11) is 1.60. The molecule has 0 saturated carbocycles. The lowest BCUT2D eigenvalue weighted by Gasteiger charge is -2.38. The van der Waals surface area contributed by atoms with Crippen LogP contribution in [0.25, 0.3) is 0 Å². The first-order valence-electron chi connectivity index (χ1n) is 9.52. The van der Waals surface area contributed by atoms with Gasteiger partial charge in [0.25, 0.3) is 5.12 Å². The molecule has 0 N–H and O–H groups in total. The maximum absolute atomic E-state index is 13.0. The Kier molecular flexibility index (Phi) is 4.63. The van der Waals surface area contributed by atoms with Crippen LogP contribution in [0.5, 0.6) is 5.75 Å². The van der Waals surface area contributed by atoms with Crippen LogP contribution in [0.1, 0.15) is 5.56 Å². The van der Waals surface area contributed by atoms with Gasteiger partial charge in [-0.25, -0.2) is 4.90 Å². The van der Waals surface area contributed by atoms with Crippen molar-refractivity contribution in [1.29, 1.82) is 0 Å². The van der Waals surface area contributed by atoms with Crippen molar-refractivity contribution in [3.63, 3.8) is 0 Å². The SMILES string of the molecule is COc1ccc(C2=NOC3(SC(=O)C(=O)N3c3ccccc3)N2c2ccccc2)cc1. The van der Waals surface area contributed by atoms with Gasteiger partial charge in [-0.15, -0.1) is 0 Å². The first-order valence-corrected chi connectivity index (χ1v) is 10.3. The number of ether oxygens (including phenoxy) is 1. The number of carbonyl (C=O) groups is 2. The number of hydrogen-bond donors (Lipinski definition) is 0. The van der Waals surface area contributed by atoms with Gasteiger partial charge in [-0.3, -0.25) is 14.5 Å². The molecule has 1 fully saturated rings. The summed E-state index contributed by atoms with van der Waals surface area (Å²) in [5.74, 6) is 0.517. The summed E-state index contributed by atoms with van der Waals surface area (Å²) in [4.78, 5) is 34.6. The third-order valence-electron chi connectivity index (χ3n) is 5.01. The van der Waals surface area contributed by atoms with E-state index in [-0.39, 0.29) is 0 Å². The molecular formula is C23H17N3O4S. The molecule has 1 amide bonds. The molecule has 0 bridgehead atoms. The second kappa shape index (κ2) is 7.48. The molecule has 31 heavy (non-hydrogen) atoms. The molecule has 1 atom stereocenters. The number of amides is 1. The molecule has 8 heteroatoms. The van der Waals surface area contributed by atoms with Gasteiger partial charge < -0.3 is 9.57 Å². The lowest BCUT2D eigenvalue weighted by molar-refractivity contribution is -0.131. The molecule has 1 saturated heterocycles. The number of carbonyl (C=O) groups excluding carboxylic acids is 2. The smallest absolute Gasteiger partial charge is 0.359 e. The zero-order valence-corrected chi connectivity index (χ0v) is 17.3. The number of thioether (sulfide) groups is 1. The largest absolute Gasteiger partial charge is 0.497 e. The molecular weight excluding hydrogens is 414 g/mol. The molecule has 154 valence electrons. The second-order valence-electron chi connectivity index (χ2n) is 6.82. The van der Waals surface area contributed by atoms with Crippen LogP contribution in [0.15, 0.2) is 90.1 Å². The summed E-state index contributed by atoms with van der Waals surface area (Å²) in [5, 5.41) is 2.21. The van der Waals surface area contributed by atoms with Crippen LogP contribution in [0, 0.1) is 0 Å². The van der Waals surface area contributed by atoms with Crippen LogP contribution in [0.3, 0.4) is 0 Å². The van der Waals surface area contributed by atoms with E-state index in [2.05, 4.69) is 5.16 Å². The van der Waals surface area contributed by atoms with Gasteiger partial charge in [-0.2, -0.15) is 0 Å². The van der Waals surface area contributed by atoms with Gasteiger partial charge in [-0.1, -0.05) is 41.6 Å². The highest BCUT2D eigenvalue weighted by molar-refractivity contribution is 8.17. The minimum absolute atomic E-state index is 0.477. The predicted molar refractivity (Wildman–Crippen MR) is 119 cm³/mol. The third-order valence-corrected chi connectivity index (χ3v) is 6.07. The topological polar surface area (TPSA) is 71.4 Å². The first-order chi connectivity index (χ1) is 15.1. The molecule has 0 aliphatic carbocycles. The number of benzene rings is 3. The van der Waals surface area contributed by atoms with Crippen LogP contribution in [0.2, 0.25) is 0 Å². The number of anilines is 2. The molecule has 7 nitrogen and oxygen atoms in total. The lowest BCUT2D eigenvalue weighted by atomic mass is 10.1. The number of oxime groups is 1. The molecule has 2 aliphatic heterocycles. The molecule has 5 rings (SSSR count). The highest BCUT2D eigenvalue weighted by Gasteiger charge is 2.63. The van der Waals surface area contributed by atoms with Crippen LogP contribution < -0.4 is 14.5 Å². The summed E-state index contributed by atoms with van der Waals surface area (Å²) in [6, 6.07) is 25.7. The Labute approximate surface area is 182 Å². The van der Waals surface area contributed by atoms with E-state index in [1.807, 2.05) is 60.7 Å². The van der Waals surface area contributed by atoms with Crippen LogP contribution in [0.4, 0.5) is 11.4 Å². The lowest BCUT2D eigenvalue weighted by Crippen LogP contribution is -2.57. The zero-order valence-electron chi connectivity index (χ0n) is 16.5. The number of hydrogen-bond acceptors (Lipinski definition) is 7. The zero-order chi connectivity index (χ0) is 21.4. The Morgan fingerprint density at radius 1 is 0.839 bits per heavy atom. The standard InChI is InChI=1S/C23H17N3O4S/c1-29-19-14-12-16(13-15-19)20-24-30-23(25(20)17-8-4-2-5-9-17)26(21(27)22(28)31-23)18-10-6-3-7-11-18/h2-15H,1H3. The van der Waals surface area contributed by atoms with Crippen molar-refractivity contribution in [3.05, 3.63) is 90.5 Å². The van der Waals surface area contributed by atoms with Gasteiger partial charge in [0.05, 0.1) is 12.8 Å². The van der Waals surface area contributed by atoms with Crippen LogP contribution in [-0.4, -0.2) is 29.1 Å². The Morgan fingerprint density at radius 2 is 1.42 bits per heavy atom. The summed E-state index contributed by atoms with van der Waals surface area (Å²) in [6.45, 7) is 0. The second-order valence-corrected chi connectivity index (χ2v) is 7.93. The molecule has 1 spiro atoms. The molecule has 2 aliphatic rings. The fourth-order valence-electron chi connectivity index (χ4n) is 3.59. The molecule has 3 aromatic carbocycles. The average Bonchev–Trinajstić information content (AvgIpc) is 3.31. The molecule has 1 unspecified atom stereocenters. The number of nitrogens with zero attached hydrogens (tertiary/aromatic N) is 3. The quantitative estimate of drug-likeness (QED) is 0.585. The van der Waals surface area contributed by atoms with E-state index in [4.69, 9.17) is 9.57 Å². The van der Waals surface area contributed by atoms with Crippen molar-refractivity contribution in [1.82, 2.24) is 0 Å². The Morgan fingerprint density at radius 3 is 2.00 bits per heavy atom. The number of para-hydroxylation sites is 2. The highest BCUT2D eigenvalue weighted by atomic mass is 32.2. The first kappa shape index (κ1) is 19.2. The Bertz CT molecular complexity index is 1170. The number of amidine groups is 1. The van der Waals surface area contributed by atoms with E-state index in [1.54, 1.807) is 36.3 Å². The van der Waals surface area contributed by atoms with Crippen molar-refractivity contribution < 1.29 is 19.2 Å². The van der Waals surface area contributed by atoms with E-state index in [9.17, 15) is 9.59 Å². The van der Waals surface area contributed by atoms with Gasteiger partial charge in [0, 0.05) is 23.0 Å². The molecule has 2 heterocycles. The summed E-state index contributed by atoms with van der Waals surface area (Å²) in [6.07, 6.45) is 0. The van der Waals surface area contributed by atoms with E-state index < -0.39 is 16.2 Å². The normalized spacial score (nSPS) is 20.2. The minimum atomic E-state index is -1.51. The maximum atomic E-state index is 13.0. The number of methoxy groups -OCH3 is 1. The van der Waals surface area contributed by atoms with Crippen molar-refractivity contribution in [3.8, 4) is 5.75 Å². The molecule has 0 radical (unpaired) electrons. The van der Waals surface area contributed by atoms with Gasteiger partial charge in [0.1, 0.15) is 5.75 Å². The van der Waals surface area contributed by atoms with Crippen LogP contribution >= 0.6 is 11.8 Å². The Hall–Kier alpha value is -3.78. The Balaban J connectivity index is 1.67. The van der Waals surface area contributed by atoms with Crippen LogP contribution in [-0.2, 0) is 14.4 Å². The van der Waals surface area contributed by atoms with Gasteiger partial charge in [0.2, 0.25) is 0 Å². The van der Waals surface area contributed by atoms with E-state index in [0.29, 0.717) is 17.3 Å². The van der Waals surface area contributed by atoms with Gasteiger partial charge in [-0.05, 0) is 48.5 Å². The third kappa shape index (κ3) is 3.03. The predicted octanol–water partition coefficient (Wildman–Crippen LogP) is 3.81. The molecule has 0 aromatic heterocycles. The monoisotopic (exact) mass is 431 g/mol. The fraction of sp³-hybridized carbons (Fsp3) is 0.0870. The number of rotatable bonds is 4. The van der Waals surface area contributed by atoms with E-state index in [0.717, 1.165) is 23.0 Å². The summed E-state index contributed by atoms with van der Waals surface area (Å²) < 4.78 is 5.25. The highest BCUT2D eigenvalue weighted by Crippen LogP contribution is 2.49. The van der Waals surface area contributed by atoms with Gasteiger partial charge >= 0.3 is 11.1 Å². The minimum Gasteiger partial charge on any atom is -0.497 e. The van der Waals surface area contributed by atoms with Crippen molar-refractivity contribution in [2.45, 2.75) is 5.18 Å². The van der Waals surface area contributed by atoms with Crippen molar-refractivity contribution in [2.24, 2.45) is 5.16 Å². The molecule has 3 aromatic rings.